The van der Waals surface area contributed by atoms with Crippen LogP contribution in [0.3, 0.4) is 0 Å². The van der Waals surface area contributed by atoms with Gasteiger partial charge < -0.3 is 11.1 Å². The van der Waals surface area contributed by atoms with Gasteiger partial charge in [-0.1, -0.05) is 15.9 Å². The van der Waals surface area contributed by atoms with Crippen molar-refractivity contribution in [3.8, 4) is 0 Å². The monoisotopic (exact) mass is 375 g/mol. The third-order valence-corrected chi connectivity index (χ3v) is 5.99. The number of hydrogen-bond acceptors (Lipinski definition) is 4. The predicted octanol–water partition coefficient (Wildman–Crippen LogP) is 0.920. The van der Waals surface area contributed by atoms with Crippen molar-refractivity contribution in [3.05, 3.63) is 28.2 Å². The molecule has 1 aromatic rings. The van der Waals surface area contributed by atoms with Crippen LogP contribution in [0.1, 0.15) is 23.2 Å². The quantitative estimate of drug-likeness (QED) is 0.818. The molecule has 0 aliphatic carbocycles. The fourth-order valence-corrected chi connectivity index (χ4v) is 4.57. The minimum absolute atomic E-state index is 0.0913. The Morgan fingerprint density at radius 3 is 2.48 bits per heavy atom. The first-order chi connectivity index (χ1) is 9.84. The van der Waals surface area contributed by atoms with E-state index in [0.717, 1.165) is 12.8 Å². The SMILES string of the molecule is CNC1CCN(S(=O)(=O)c2cc(Br)cc(C(N)=O)c2)CC1. The Labute approximate surface area is 132 Å². The van der Waals surface area contributed by atoms with E-state index in [4.69, 9.17) is 5.73 Å². The van der Waals surface area contributed by atoms with Gasteiger partial charge in [0.05, 0.1) is 4.90 Å². The summed E-state index contributed by atoms with van der Waals surface area (Å²) < 4.78 is 27.3. The van der Waals surface area contributed by atoms with E-state index in [-0.39, 0.29) is 10.5 Å². The van der Waals surface area contributed by atoms with E-state index in [0.29, 0.717) is 23.6 Å². The second-order valence-electron chi connectivity index (χ2n) is 5.01. The number of benzene rings is 1. The number of hydrogen-bond donors (Lipinski definition) is 2. The molecule has 0 radical (unpaired) electrons. The lowest BCUT2D eigenvalue weighted by atomic mass is 10.1. The summed E-state index contributed by atoms with van der Waals surface area (Å²) in [6.07, 6.45) is 1.54. The summed E-state index contributed by atoms with van der Waals surface area (Å²) in [4.78, 5) is 11.4. The van der Waals surface area contributed by atoms with Gasteiger partial charge in [-0.05, 0) is 38.1 Å². The zero-order valence-corrected chi connectivity index (χ0v) is 14.1. The largest absolute Gasteiger partial charge is 0.366 e. The molecule has 0 aromatic heterocycles. The van der Waals surface area contributed by atoms with Crippen molar-refractivity contribution in [1.29, 1.82) is 0 Å². The predicted molar refractivity (Wildman–Crippen MR) is 83.5 cm³/mol. The number of sulfonamides is 1. The smallest absolute Gasteiger partial charge is 0.248 e. The van der Waals surface area contributed by atoms with Crippen LogP contribution in [0.25, 0.3) is 0 Å². The lowest BCUT2D eigenvalue weighted by Gasteiger charge is -2.31. The fourth-order valence-electron chi connectivity index (χ4n) is 2.39. The summed E-state index contributed by atoms with van der Waals surface area (Å²) >= 11 is 3.22. The van der Waals surface area contributed by atoms with Crippen LogP contribution in [0.15, 0.2) is 27.6 Å². The summed E-state index contributed by atoms with van der Waals surface area (Å²) in [5.74, 6) is -0.651. The Hall–Kier alpha value is -0.960. The summed E-state index contributed by atoms with van der Waals surface area (Å²) in [6.45, 7) is 0.929. The molecule has 2 rings (SSSR count). The number of carbonyl (C=O) groups is 1. The van der Waals surface area contributed by atoms with Crippen LogP contribution in [0.5, 0.6) is 0 Å². The van der Waals surface area contributed by atoms with Gasteiger partial charge in [0.15, 0.2) is 0 Å². The second kappa shape index (κ2) is 6.43. The molecule has 1 heterocycles. The number of nitrogens with zero attached hydrogens (tertiary/aromatic N) is 1. The lowest BCUT2D eigenvalue weighted by Crippen LogP contribution is -2.43. The molecule has 1 amide bonds. The summed E-state index contributed by atoms with van der Waals surface area (Å²) in [5.41, 5.74) is 5.41. The third kappa shape index (κ3) is 3.63. The topological polar surface area (TPSA) is 92.5 Å². The second-order valence-corrected chi connectivity index (χ2v) is 7.86. The summed E-state index contributed by atoms with van der Waals surface area (Å²) in [5, 5.41) is 3.16. The molecular formula is C13H18BrN3O3S. The van der Waals surface area contributed by atoms with E-state index >= 15 is 0 Å². The van der Waals surface area contributed by atoms with Gasteiger partial charge in [0.2, 0.25) is 15.9 Å². The zero-order valence-electron chi connectivity index (χ0n) is 11.7. The van der Waals surface area contributed by atoms with Crippen molar-refractivity contribution in [2.75, 3.05) is 20.1 Å². The van der Waals surface area contributed by atoms with Gasteiger partial charge in [-0.2, -0.15) is 4.31 Å². The summed E-state index contributed by atoms with van der Waals surface area (Å²) in [7, 11) is -1.73. The molecule has 3 N–H and O–H groups in total. The van der Waals surface area contributed by atoms with E-state index in [1.807, 2.05) is 7.05 Å². The maximum absolute atomic E-state index is 12.6. The number of halogens is 1. The first kappa shape index (κ1) is 16.4. The number of primary amides is 1. The Kier molecular flexibility index (Phi) is 5.03. The normalized spacial score (nSPS) is 17.8. The minimum Gasteiger partial charge on any atom is -0.366 e. The van der Waals surface area contributed by atoms with Crippen LogP contribution in [0, 0.1) is 0 Å². The van der Waals surface area contributed by atoms with Gasteiger partial charge in [-0.3, -0.25) is 4.79 Å². The van der Waals surface area contributed by atoms with Crippen molar-refractivity contribution >= 4 is 31.9 Å². The van der Waals surface area contributed by atoms with Crippen molar-refractivity contribution < 1.29 is 13.2 Å². The van der Waals surface area contributed by atoms with Crippen molar-refractivity contribution in [1.82, 2.24) is 9.62 Å². The molecule has 1 aliphatic heterocycles. The Morgan fingerprint density at radius 2 is 1.95 bits per heavy atom. The average molecular weight is 376 g/mol. The molecular weight excluding hydrogens is 358 g/mol. The van der Waals surface area contributed by atoms with Crippen LogP contribution in [-0.2, 0) is 10.0 Å². The number of rotatable bonds is 4. The highest BCUT2D eigenvalue weighted by atomic mass is 79.9. The molecule has 6 nitrogen and oxygen atoms in total. The minimum atomic E-state index is -3.60. The molecule has 116 valence electrons. The molecule has 0 spiro atoms. The van der Waals surface area contributed by atoms with E-state index in [2.05, 4.69) is 21.2 Å². The molecule has 8 heteroatoms. The highest BCUT2D eigenvalue weighted by molar-refractivity contribution is 9.10. The van der Waals surface area contributed by atoms with Crippen LogP contribution in [-0.4, -0.2) is 44.8 Å². The highest BCUT2D eigenvalue weighted by Gasteiger charge is 2.29. The van der Waals surface area contributed by atoms with E-state index < -0.39 is 15.9 Å². The highest BCUT2D eigenvalue weighted by Crippen LogP contribution is 2.24. The van der Waals surface area contributed by atoms with Gasteiger partial charge in [-0.15, -0.1) is 0 Å². The Morgan fingerprint density at radius 1 is 1.33 bits per heavy atom. The Bertz CT molecular complexity index is 640. The number of carbonyl (C=O) groups excluding carboxylic acids is 1. The first-order valence-corrected chi connectivity index (χ1v) is 8.85. The molecule has 1 aromatic carbocycles. The van der Waals surface area contributed by atoms with Crippen LogP contribution < -0.4 is 11.1 Å². The molecule has 1 saturated heterocycles. The van der Waals surface area contributed by atoms with Gasteiger partial charge in [0.1, 0.15) is 0 Å². The average Bonchev–Trinajstić information content (AvgIpc) is 2.46. The van der Waals surface area contributed by atoms with Crippen molar-refractivity contribution in [3.63, 3.8) is 0 Å². The van der Waals surface area contributed by atoms with Gasteiger partial charge in [-0.25, -0.2) is 8.42 Å². The standard InChI is InChI=1S/C13H18BrN3O3S/c1-16-11-2-4-17(5-3-11)21(19,20)12-7-9(13(15)18)6-10(14)8-12/h6-8,11,16H,2-5H2,1H3,(H2,15,18). The molecule has 0 atom stereocenters. The molecule has 0 unspecified atom stereocenters. The number of amides is 1. The number of nitrogens with one attached hydrogen (secondary N) is 1. The van der Waals surface area contributed by atoms with Crippen LogP contribution in [0.2, 0.25) is 0 Å². The van der Waals surface area contributed by atoms with Crippen molar-refractivity contribution in [2.24, 2.45) is 5.73 Å². The van der Waals surface area contributed by atoms with E-state index in [1.165, 1.54) is 22.5 Å². The molecule has 1 fully saturated rings. The lowest BCUT2D eigenvalue weighted by molar-refractivity contribution is 0.1000. The van der Waals surface area contributed by atoms with E-state index in [9.17, 15) is 13.2 Å². The van der Waals surface area contributed by atoms with E-state index in [1.54, 1.807) is 0 Å². The zero-order chi connectivity index (χ0) is 15.6. The first-order valence-electron chi connectivity index (χ1n) is 6.62. The number of piperidine rings is 1. The van der Waals surface area contributed by atoms with Gasteiger partial charge >= 0.3 is 0 Å². The molecule has 1 aliphatic rings. The maximum Gasteiger partial charge on any atom is 0.248 e. The summed E-state index contributed by atoms with van der Waals surface area (Å²) in [6, 6.07) is 4.67. The fraction of sp³-hybridized carbons (Fsp3) is 0.462. The maximum atomic E-state index is 12.6. The molecule has 0 saturated carbocycles. The van der Waals surface area contributed by atoms with Crippen molar-refractivity contribution in [2.45, 2.75) is 23.8 Å². The third-order valence-electron chi connectivity index (χ3n) is 3.66. The van der Waals surface area contributed by atoms with Crippen LogP contribution in [0.4, 0.5) is 0 Å². The molecule has 21 heavy (non-hydrogen) atoms. The van der Waals surface area contributed by atoms with Crippen LogP contribution >= 0.6 is 15.9 Å². The number of nitrogens with two attached hydrogens (primary N) is 1. The van der Waals surface area contributed by atoms with Gasteiger partial charge in [0, 0.05) is 29.2 Å². The molecule has 0 bridgehead atoms. The van der Waals surface area contributed by atoms with Gasteiger partial charge in [0.25, 0.3) is 0 Å². The Balaban J connectivity index is 2.30.